The van der Waals surface area contributed by atoms with E-state index < -0.39 is 17.7 Å². The molecule has 12 heteroatoms. The molecule has 0 spiro atoms. The molecule has 2 aliphatic rings. The summed E-state index contributed by atoms with van der Waals surface area (Å²) in [4.78, 5) is 49.2. The number of aliphatic imine (C=N–C) groups is 1. The number of nitrogens with zero attached hydrogens (tertiary/aromatic N) is 4. The molecular formula is C26H23F2N7O3. The number of Topliss-reactive ketones (excluding diaryl/α,β-unsaturated/α-hetero) is 1. The number of amides is 3. The lowest BCUT2D eigenvalue weighted by Crippen LogP contribution is -2.44. The molecule has 0 saturated carbocycles. The van der Waals surface area contributed by atoms with Gasteiger partial charge in [-0.2, -0.15) is 4.98 Å². The SMILES string of the molecule is CC(=O)c1ccc(NC(=O)N2CCC(Nc3nc(Nc4ccc5c(c4)C=NC5=O)ncc3F)CC2)c(F)c1. The normalized spacial score (nSPS) is 14.8. The van der Waals surface area contributed by atoms with Gasteiger partial charge in [0.05, 0.1) is 17.4 Å². The molecule has 38 heavy (non-hydrogen) atoms. The van der Waals surface area contributed by atoms with E-state index in [1.54, 1.807) is 23.1 Å². The standard InChI is InChI=1S/C26H23F2N7O3/c1-14(36)15-2-5-22(20(27)11-15)33-26(38)35-8-6-17(7-9-35)31-23-21(28)13-30-25(34-23)32-18-3-4-19-16(10-18)12-29-24(19)37/h2-5,10-13,17H,6-9H2,1H3,(H,33,38)(H2,30,31,32,34). The molecule has 3 aromatic rings. The largest absolute Gasteiger partial charge is 0.365 e. The first-order valence-electron chi connectivity index (χ1n) is 11.9. The van der Waals surface area contributed by atoms with E-state index in [4.69, 9.17) is 0 Å². The minimum Gasteiger partial charge on any atom is -0.365 e. The number of rotatable bonds is 6. The van der Waals surface area contributed by atoms with Crippen molar-refractivity contribution in [1.29, 1.82) is 0 Å². The van der Waals surface area contributed by atoms with Gasteiger partial charge in [-0.05, 0) is 56.2 Å². The molecule has 1 fully saturated rings. The fourth-order valence-electron chi connectivity index (χ4n) is 4.25. The molecule has 3 heterocycles. The average Bonchev–Trinajstić information content (AvgIpc) is 3.27. The number of aromatic nitrogens is 2. The topological polar surface area (TPSA) is 129 Å². The van der Waals surface area contributed by atoms with Crippen molar-refractivity contribution in [1.82, 2.24) is 14.9 Å². The fourth-order valence-corrected chi connectivity index (χ4v) is 4.25. The van der Waals surface area contributed by atoms with Crippen molar-refractivity contribution in [3.63, 3.8) is 0 Å². The molecule has 194 valence electrons. The first-order chi connectivity index (χ1) is 18.3. The quantitative estimate of drug-likeness (QED) is 0.412. The van der Waals surface area contributed by atoms with Crippen molar-refractivity contribution in [3.8, 4) is 0 Å². The number of urea groups is 1. The monoisotopic (exact) mass is 519 g/mol. The van der Waals surface area contributed by atoms with Crippen LogP contribution in [0.15, 0.2) is 47.6 Å². The van der Waals surface area contributed by atoms with Crippen LogP contribution in [0, 0.1) is 11.6 Å². The first kappa shape index (κ1) is 24.9. The van der Waals surface area contributed by atoms with Crippen molar-refractivity contribution >= 4 is 47.1 Å². The van der Waals surface area contributed by atoms with Gasteiger partial charge in [0, 0.05) is 42.2 Å². The Hall–Kier alpha value is -4.74. The maximum Gasteiger partial charge on any atom is 0.321 e. The summed E-state index contributed by atoms with van der Waals surface area (Å²) in [6, 6.07) is 8.36. The maximum absolute atomic E-state index is 14.4. The second kappa shape index (κ2) is 10.3. The first-order valence-corrected chi connectivity index (χ1v) is 11.9. The number of halogens is 2. The number of carbonyl (C=O) groups excluding carboxylic acids is 3. The summed E-state index contributed by atoms with van der Waals surface area (Å²) in [5.41, 5.74) is 2.02. The van der Waals surface area contributed by atoms with Gasteiger partial charge in [-0.15, -0.1) is 0 Å². The minimum absolute atomic E-state index is 0.00871. The molecule has 2 aliphatic heterocycles. The number of benzene rings is 2. The molecule has 1 saturated heterocycles. The van der Waals surface area contributed by atoms with E-state index in [0.29, 0.717) is 42.7 Å². The average molecular weight is 520 g/mol. The van der Waals surface area contributed by atoms with E-state index in [2.05, 4.69) is 30.9 Å². The minimum atomic E-state index is -0.687. The summed E-state index contributed by atoms with van der Waals surface area (Å²) in [6.45, 7) is 2.07. The van der Waals surface area contributed by atoms with Crippen molar-refractivity contribution < 1.29 is 23.2 Å². The van der Waals surface area contributed by atoms with Gasteiger partial charge >= 0.3 is 6.03 Å². The summed E-state index contributed by atoms with van der Waals surface area (Å²) in [5.74, 6) is -1.68. The van der Waals surface area contributed by atoms with Gasteiger partial charge in [0.2, 0.25) is 5.95 Å². The molecule has 10 nitrogen and oxygen atoms in total. The van der Waals surface area contributed by atoms with Gasteiger partial charge in [0.25, 0.3) is 5.91 Å². The third kappa shape index (κ3) is 5.33. The third-order valence-electron chi connectivity index (χ3n) is 6.34. The zero-order chi connectivity index (χ0) is 26.8. The van der Waals surface area contributed by atoms with Crippen LogP contribution in [0.25, 0.3) is 0 Å². The van der Waals surface area contributed by atoms with Crippen LogP contribution in [-0.4, -0.2) is 57.9 Å². The summed E-state index contributed by atoms with van der Waals surface area (Å²) < 4.78 is 28.7. The van der Waals surface area contributed by atoms with E-state index in [1.165, 1.54) is 25.3 Å². The number of carbonyl (C=O) groups is 3. The molecule has 0 unspecified atom stereocenters. The van der Waals surface area contributed by atoms with Crippen LogP contribution < -0.4 is 16.0 Å². The zero-order valence-electron chi connectivity index (χ0n) is 20.3. The smallest absolute Gasteiger partial charge is 0.321 e. The van der Waals surface area contributed by atoms with Gasteiger partial charge in [0.1, 0.15) is 5.82 Å². The van der Waals surface area contributed by atoms with Crippen LogP contribution in [0.5, 0.6) is 0 Å². The number of ketones is 1. The van der Waals surface area contributed by atoms with Gasteiger partial charge in [-0.1, -0.05) is 0 Å². The molecule has 1 aromatic heterocycles. The Bertz CT molecular complexity index is 1470. The second-order valence-corrected chi connectivity index (χ2v) is 8.97. The summed E-state index contributed by atoms with van der Waals surface area (Å²) in [7, 11) is 0. The molecule has 3 amide bonds. The van der Waals surface area contributed by atoms with Gasteiger partial charge < -0.3 is 20.9 Å². The molecule has 0 atom stereocenters. The zero-order valence-corrected chi connectivity index (χ0v) is 20.3. The van der Waals surface area contributed by atoms with Gasteiger partial charge in [-0.25, -0.2) is 23.6 Å². The van der Waals surface area contributed by atoms with Crippen LogP contribution in [0.3, 0.4) is 0 Å². The summed E-state index contributed by atoms with van der Waals surface area (Å²) in [5, 5.41) is 8.61. The number of piperidine rings is 1. The Kier molecular flexibility index (Phi) is 6.77. The van der Waals surface area contributed by atoms with E-state index in [1.807, 2.05) is 0 Å². The number of fused-ring (bicyclic) bond motifs is 1. The van der Waals surface area contributed by atoms with Gasteiger partial charge in [0.15, 0.2) is 17.4 Å². The van der Waals surface area contributed by atoms with Crippen molar-refractivity contribution in [3.05, 3.63) is 70.9 Å². The maximum atomic E-state index is 14.4. The highest BCUT2D eigenvalue weighted by atomic mass is 19.1. The van der Waals surface area contributed by atoms with Crippen molar-refractivity contribution in [2.45, 2.75) is 25.8 Å². The van der Waals surface area contributed by atoms with Crippen molar-refractivity contribution in [2.75, 3.05) is 29.0 Å². The van der Waals surface area contributed by atoms with Crippen LogP contribution in [-0.2, 0) is 0 Å². The number of anilines is 4. The lowest BCUT2D eigenvalue weighted by atomic mass is 10.1. The molecule has 2 aromatic carbocycles. The molecule has 5 rings (SSSR count). The van der Waals surface area contributed by atoms with E-state index >= 15 is 0 Å². The number of hydrogen-bond acceptors (Lipinski definition) is 7. The molecular weight excluding hydrogens is 496 g/mol. The van der Waals surface area contributed by atoms with Crippen molar-refractivity contribution in [2.24, 2.45) is 4.99 Å². The lowest BCUT2D eigenvalue weighted by Gasteiger charge is -2.32. The Morgan fingerprint density at radius 3 is 2.58 bits per heavy atom. The number of nitrogens with one attached hydrogen (secondary N) is 3. The van der Waals surface area contributed by atoms with Gasteiger partial charge in [-0.3, -0.25) is 9.59 Å². The van der Waals surface area contributed by atoms with Crippen LogP contribution >= 0.6 is 0 Å². The Morgan fingerprint density at radius 2 is 1.84 bits per heavy atom. The van der Waals surface area contributed by atoms with Crippen LogP contribution in [0.1, 0.15) is 46.0 Å². The predicted molar refractivity (Wildman–Crippen MR) is 137 cm³/mol. The van der Waals surface area contributed by atoms with E-state index in [0.717, 1.165) is 12.3 Å². The van der Waals surface area contributed by atoms with Crippen LogP contribution in [0.4, 0.5) is 36.7 Å². The molecule has 0 radical (unpaired) electrons. The molecule has 3 N–H and O–H groups in total. The second-order valence-electron chi connectivity index (χ2n) is 8.97. The fraction of sp³-hybridized carbons (Fsp3) is 0.231. The summed E-state index contributed by atoms with van der Waals surface area (Å²) in [6.07, 6.45) is 3.58. The van der Waals surface area contributed by atoms with E-state index in [-0.39, 0.29) is 40.7 Å². The Balaban J connectivity index is 1.17. The Morgan fingerprint density at radius 1 is 1.05 bits per heavy atom. The predicted octanol–water partition coefficient (Wildman–Crippen LogP) is 4.38. The summed E-state index contributed by atoms with van der Waals surface area (Å²) >= 11 is 0. The molecule has 0 bridgehead atoms. The van der Waals surface area contributed by atoms with E-state index in [9.17, 15) is 23.2 Å². The highest BCUT2D eigenvalue weighted by molar-refractivity contribution is 6.13. The Labute approximate surface area is 216 Å². The third-order valence-corrected chi connectivity index (χ3v) is 6.34. The highest BCUT2D eigenvalue weighted by Gasteiger charge is 2.25. The lowest BCUT2D eigenvalue weighted by molar-refractivity contribution is 0.100. The number of hydrogen-bond donors (Lipinski definition) is 3. The number of likely N-dealkylation sites (tertiary alicyclic amines) is 1. The molecule has 0 aliphatic carbocycles. The van der Waals surface area contributed by atoms with Crippen LogP contribution in [0.2, 0.25) is 0 Å². The highest BCUT2D eigenvalue weighted by Crippen LogP contribution is 2.24.